The van der Waals surface area contributed by atoms with Gasteiger partial charge in [-0.1, -0.05) is 6.92 Å². The Morgan fingerprint density at radius 1 is 1.20 bits per heavy atom. The largest absolute Gasteiger partial charge is 0.391 e. The normalized spacial score (nSPS) is 24.1. The molecule has 1 aromatic rings. The van der Waals surface area contributed by atoms with Gasteiger partial charge in [0.15, 0.2) is 0 Å². The maximum atomic E-state index is 12.7. The summed E-state index contributed by atoms with van der Waals surface area (Å²) in [7, 11) is 0. The number of aromatic nitrogens is 3. The molecular weight excluding hydrogens is 291 g/mol. The van der Waals surface area contributed by atoms with Gasteiger partial charge in [0.25, 0.3) is 0 Å². The molecule has 0 bridgehead atoms. The van der Waals surface area contributed by atoms with Crippen LogP contribution in [0.15, 0.2) is 0 Å². The molecule has 114 valence electrons. The molecule has 0 unspecified atom stereocenters. The molecule has 0 atom stereocenters. The molecule has 0 spiro atoms. The Morgan fingerprint density at radius 2 is 1.85 bits per heavy atom. The van der Waals surface area contributed by atoms with E-state index in [4.69, 9.17) is 11.6 Å². The van der Waals surface area contributed by atoms with E-state index in [1.807, 2.05) is 11.5 Å². The van der Waals surface area contributed by atoms with Gasteiger partial charge < -0.3 is 4.57 Å². The number of hydrogen-bond donors (Lipinski definition) is 0. The number of nitrogens with zero attached hydrogens (tertiary/aromatic N) is 3. The average Bonchev–Trinajstić information content (AvgIpc) is 2.81. The molecule has 1 heterocycles. The van der Waals surface area contributed by atoms with Crippen LogP contribution in [0.3, 0.4) is 0 Å². The third-order valence-electron chi connectivity index (χ3n) is 3.98. The van der Waals surface area contributed by atoms with Crippen LogP contribution in [-0.2, 0) is 12.4 Å². The molecule has 0 aromatic carbocycles. The van der Waals surface area contributed by atoms with Gasteiger partial charge in [-0.15, -0.1) is 21.8 Å². The van der Waals surface area contributed by atoms with E-state index in [0.29, 0.717) is 18.7 Å². The van der Waals surface area contributed by atoms with Crippen LogP contribution in [0, 0.1) is 5.92 Å². The third kappa shape index (κ3) is 3.27. The Bertz CT molecular complexity index is 437. The molecule has 2 rings (SSSR count). The maximum absolute atomic E-state index is 12.7. The Morgan fingerprint density at radius 3 is 2.35 bits per heavy atom. The van der Waals surface area contributed by atoms with Crippen molar-refractivity contribution >= 4 is 11.6 Å². The van der Waals surface area contributed by atoms with Crippen molar-refractivity contribution in [1.29, 1.82) is 0 Å². The second-order valence-corrected chi connectivity index (χ2v) is 5.62. The highest BCUT2D eigenvalue weighted by Crippen LogP contribution is 2.42. The second kappa shape index (κ2) is 6.33. The predicted molar refractivity (Wildman–Crippen MR) is 70.6 cm³/mol. The van der Waals surface area contributed by atoms with E-state index in [1.165, 1.54) is 0 Å². The topological polar surface area (TPSA) is 30.7 Å². The minimum Gasteiger partial charge on any atom is -0.314 e. The minimum absolute atomic E-state index is 0.0737. The number of halogens is 4. The molecule has 7 heteroatoms. The molecule has 1 saturated carbocycles. The van der Waals surface area contributed by atoms with Crippen molar-refractivity contribution in [2.24, 2.45) is 5.92 Å². The first-order valence-electron chi connectivity index (χ1n) is 7.02. The van der Waals surface area contributed by atoms with Gasteiger partial charge >= 0.3 is 6.18 Å². The fourth-order valence-corrected chi connectivity index (χ4v) is 3.09. The van der Waals surface area contributed by atoms with Crippen LogP contribution in [0.2, 0.25) is 0 Å². The highest BCUT2D eigenvalue weighted by Gasteiger charge is 2.42. The second-order valence-electron chi connectivity index (χ2n) is 5.35. The van der Waals surface area contributed by atoms with Gasteiger partial charge in [-0.25, -0.2) is 0 Å². The van der Waals surface area contributed by atoms with Gasteiger partial charge in [0.1, 0.15) is 11.6 Å². The summed E-state index contributed by atoms with van der Waals surface area (Å²) in [4.78, 5) is 0. The molecule has 0 aliphatic heterocycles. The molecule has 0 N–H and O–H groups in total. The molecule has 20 heavy (non-hydrogen) atoms. The van der Waals surface area contributed by atoms with Crippen molar-refractivity contribution in [1.82, 2.24) is 14.8 Å². The van der Waals surface area contributed by atoms with Crippen molar-refractivity contribution in [3.05, 3.63) is 11.6 Å². The van der Waals surface area contributed by atoms with Gasteiger partial charge in [-0.2, -0.15) is 13.2 Å². The Hall–Kier alpha value is -0.780. The summed E-state index contributed by atoms with van der Waals surface area (Å²) in [5, 5.41) is 8.22. The lowest BCUT2D eigenvalue weighted by atomic mass is 9.81. The first kappa shape index (κ1) is 15.6. The van der Waals surface area contributed by atoms with E-state index in [9.17, 15) is 13.2 Å². The SMILES string of the molecule is CCCn1c(CCl)nnc1C1CCC(C(F)(F)F)CC1. The van der Waals surface area contributed by atoms with E-state index in [-0.39, 0.29) is 24.6 Å². The van der Waals surface area contributed by atoms with Crippen molar-refractivity contribution < 1.29 is 13.2 Å². The molecule has 1 aliphatic rings. The first-order valence-corrected chi connectivity index (χ1v) is 7.55. The standard InChI is InChI=1S/C13H19ClF3N3/c1-2-7-20-11(8-14)18-19-12(20)9-3-5-10(6-4-9)13(15,16)17/h9-10H,2-8H2,1H3. The van der Waals surface area contributed by atoms with Crippen LogP contribution in [-0.4, -0.2) is 20.9 Å². The van der Waals surface area contributed by atoms with Crippen molar-refractivity contribution in [3.63, 3.8) is 0 Å². The van der Waals surface area contributed by atoms with Gasteiger partial charge in [0, 0.05) is 12.5 Å². The Labute approximate surface area is 121 Å². The van der Waals surface area contributed by atoms with E-state index in [2.05, 4.69) is 10.2 Å². The van der Waals surface area contributed by atoms with Crippen molar-refractivity contribution in [3.8, 4) is 0 Å². The first-order chi connectivity index (χ1) is 9.47. The van der Waals surface area contributed by atoms with Crippen LogP contribution in [0.1, 0.15) is 56.6 Å². The summed E-state index contributed by atoms with van der Waals surface area (Å²) in [5.41, 5.74) is 0. The predicted octanol–water partition coefficient (Wildman–Crippen LogP) is 4.26. The number of alkyl halides is 4. The van der Waals surface area contributed by atoms with E-state index in [1.54, 1.807) is 0 Å². The fraction of sp³-hybridized carbons (Fsp3) is 0.846. The Kier molecular flexibility index (Phi) is 4.94. The van der Waals surface area contributed by atoms with Gasteiger partial charge in [0.05, 0.1) is 11.8 Å². The summed E-state index contributed by atoms with van der Waals surface area (Å²) < 4.78 is 40.0. The van der Waals surface area contributed by atoms with Crippen LogP contribution in [0.5, 0.6) is 0 Å². The molecule has 3 nitrogen and oxygen atoms in total. The Balaban J connectivity index is 2.09. The molecule has 1 aliphatic carbocycles. The van der Waals surface area contributed by atoms with Crippen LogP contribution >= 0.6 is 11.6 Å². The van der Waals surface area contributed by atoms with E-state index < -0.39 is 12.1 Å². The summed E-state index contributed by atoms with van der Waals surface area (Å²) in [6.07, 6.45) is -1.73. The smallest absolute Gasteiger partial charge is 0.314 e. The molecule has 0 amide bonds. The van der Waals surface area contributed by atoms with E-state index in [0.717, 1.165) is 18.8 Å². The molecule has 1 aromatic heterocycles. The minimum atomic E-state index is -4.07. The van der Waals surface area contributed by atoms with Crippen LogP contribution in [0.25, 0.3) is 0 Å². The number of hydrogen-bond acceptors (Lipinski definition) is 2. The molecule has 0 saturated heterocycles. The third-order valence-corrected chi connectivity index (χ3v) is 4.22. The zero-order valence-corrected chi connectivity index (χ0v) is 12.2. The van der Waals surface area contributed by atoms with Crippen LogP contribution in [0.4, 0.5) is 13.2 Å². The average molecular weight is 310 g/mol. The fourth-order valence-electron chi connectivity index (χ4n) is 2.90. The monoisotopic (exact) mass is 309 g/mol. The highest BCUT2D eigenvalue weighted by molar-refractivity contribution is 6.16. The quantitative estimate of drug-likeness (QED) is 0.778. The van der Waals surface area contributed by atoms with Crippen LogP contribution < -0.4 is 0 Å². The van der Waals surface area contributed by atoms with E-state index >= 15 is 0 Å². The van der Waals surface area contributed by atoms with Crippen molar-refractivity contribution in [2.45, 2.75) is 63.5 Å². The zero-order chi connectivity index (χ0) is 14.8. The lowest BCUT2D eigenvalue weighted by Crippen LogP contribution is -2.28. The highest BCUT2D eigenvalue weighted by atomic mass is 35.5. The van der Waals surface area contributed by atoms with Crippen molar-refractivity contribution in [2.75, 3.05) is 0 Å². The summed E-state index contributed by atoms with van der Waals surface area (Å²) >= 11 is 5.83. The van der Waals surface area contributed by atoms with Gasteiger partial charge in [-0.05, 0) is 32.1 Å². The molecular formula is C13H19ClF3N3. The maximum Gasteiger partial charge on any atom is 0.391 e. The lowest BCUT2D eigenvalue weighted by Gasteiger charge is -2.29. The lowest BCUT2D eigenvalue weighted by molar-refractivity contribution is -0.182. The van der Waals surface area contributed by atoms with Gasteiger partial charge in [0.2, 0.25) is 0 Å². The van der Waals surface area contributed by atoms with Gasteiger partial charge in [-0.3, -0.25) is 0 Å². The zero-order valence-electron chi connectivity index (χ0n) is 11.5. The number of rotatable bonds is 4. The summed E-state index contributed by atoms with van der Waals surface area (Å²) in [6.45, 7) is 2.81. The summed E-state index contributed by atoms with van der Waals surface area (Å²) in [5.74, 6) is 0.716. The molecule has 1 fully saturated rings. The molecule has 0 radical (unpaired) electrons. The summed E-state index contributed by atoms with van der Waals surface area (Å²) in [6, 6.07) is 0.